The highest BCUT2D eigenvalue weighted by molar-refractivity contribution is 6.07. The third-order valence-electron chi connectivity index (χ3n) is 4.01. The Morgan fingerprint density at radius 2 is 2.30 bits per heavy atom. The van der Waals surface area contributed by atoms with Crippen LogP contribution in [0.15, 0.2) is 12.4 Å². The Kier molecular flexibility index (Phi) is 3.21. The fraction of sp³-hybridized carbons (Fsp3) is 0.615. The van der Waals surface area contributed by atoms with Gasteiger partial charge in [-0.15, -0.1) is 0 Å². The topological polar surface area (TPSA) is 79.3 Å². The third-order valence-corrected chi connectivity index (χ3v) is 4.01. The van der Waals surface area contributed by atoms with Crippen LogP contribution in [0.1, 0.15) is 18.4 Å². The van der Waals surface area contributed by atoms with Gasteiger partial charge in [-0.1, -0.05) is 0 Å². The first-order valence-corrected chi connectivity index (χ1v) is 6.93. The summed E-state index contributed by atoms with van der Waals surface area (Å²) in [4.78, 5) is 25.9. The van der Waals surface area contributed by atoms with Gasteiger partial charge in [-0.05, 0) is 31.4 Å². The molecule has 2 saturated heterocycles. The van der Waals surface area contributed by atoms with Crippen molar-refractivity contribution in [1.82, 2.24) is 25.3 Å². The molecule has 0 aromatic carbocycles. The quantitative estimate of drug-likeness (QED) is 0.739. The van der Waals surface area contributed by atoms with E-state index in [0.717, 1.165) is 18.5 Å². The highest BCUT2D eigenvalue weighted by Crippen LogP contribution is 2.25. The molecule has 7 heteroatoms. The van der Waals surface area contributed by atoms with Crippen molar-refractivity contribution in [2.24, 2.45) is 7.05 Å². The van der Waals surface area contributed by atoms with Gasteiger partial charge in [-0.25, -0.2) is 4.79 Å². The Hall–Kier alpha value is -1.89. The normalized spacial score (nSPS) is 26.4. The van der Waals surface area contributed by atoms with E-state index < -0.39 is 5.54 Å². The number of nitrogens with one attached hydrogen (secondary N) is 2. The molecule has 0 saturated carbocycles. The van der Waals surface area contributed by atoms with E-state index in [2.05, 4.69) is 15.7 Å². The zero-order valence-electron chi connectivity index (χ0n) is 11.6. The van der Waals surface area contributed by atoms with Crippen LogP contribution in [0.4, 0.5) is 4.79 Å². The number of carbonyl (C=O) groups excluding carboxylic acids is 2. The number of aryl methyl sites for hydroxylation is 1. The van der Waals surface area contributed by atoms with Gasteiger partial charge >= 0.3 is 6.03 Å². The molecule has 3 heterocycles. The average Bonchev–Trinajstić information content (AvgIpc) is 2.93. The Morgan fingerprint density at radius 3 is 2.95 bits per heavy atom. The Bertz CT molecular complexity index is 533. The number of carbonyl (C=O) groups is 2. The zero-order valence-corrected chi connectivity index (χ0v) is 11.6. The van der Waals surface area contributed by atoms with Gasteiger partial charge in [0.15, 0.2) is 0 Å². The fourth-order valence-corrected chi connectivity index (χ4v) is 2.92. The van der Waals surface area contributed by atoms with Crippen molar-refractivity contribution in [1.29, 1.82) is 0 Å². The van der Waals surface area contributed by atoms with E-state index in [4.69, 9.17) is 0 Å². The monoisotopic (exact) mass is 277 g/mol. The van der Waals surface area contributed by atoms with Gasteiger partial charge in [-0.2, -0.15) is 5.10 Å². The van der Waals surface area contributed by atoms with Crippen molar-refractivity contribution in [3.05, 3.63) is 18.0 Å². The van der Waals surface area contributed by atoms with Crippen LogP contribution < -0.4 is 10.6 Å². The number of amides is 3. The summed E-state index contributed by atoms with van der Waals surface area (Å²) >= 11 is 0. The number of hydrogen-bond donors (Lipinski definition) is 2. The Balaban J connectivity index is 1.67. The van der Waals surface area contributed by atoms with Gasteiger partial charge < -0.3 is 10.6 Å². The summed E-state index contributed by atoms with van der Waals surface area (Å²) in [7, 11) is 1.85. The lowest BCUT2D eigenvalue weighted by molar-refractivity contribution is -0.131. The maximum Gasteiger partial charge on any atom is 0.325 e. The number of urea groups is 1. The average molecular weight is 277 g/mol. The van der Waals surface area contributed by atoms with Crippen LogP contribution in [0.3, 0.4) is 0 Å². The van der Waals surface area contributed by atoms with Crippen LogP contribution >= 0.6 is 0 Å². The van der Waals surface area contributed by atoms with Crippen LogP contribution in [0.2, 0.25) is 0 Å². The first-order valence-electron chi connectivity index (χ1n) is 6.93. The lowest BCUT2D eigenvalue weighted by Crippen LogP contribution is -2.57. The van der Waals surface area contributed by atoms with Crippen molar-refractivity contribution >= 4 is 11.9 Å². The molecular formula is C13H19N5O2. The summed E-state index contributed by atoms with van der Waals surface area (Å²) in [5.41, 5.74) is 0.306. The smallest absolute Gasteiger partial charge is 0.322 e. The Morgan fingerprint density at radius 1 is 1.45 bits per heavy atom. The SMILES string of the molecule is Cn1cc(CCN2C(=O)NC3(CCCNC3)C2=O)cn1. The van der Waals surface area contributed by atoms with Crippen molar-refractivity contribution in [3.63, 3.8) is 0 Å². The lowest BCUT2D eigenvalue weighted by atomic mass is 9.90. The van der Waals surface area contributed by atoms with Crippen molar-refractivity contribution in [2.75, 3.05) is 19.6 Å². The van der Waals surface area contributed by atoms with E-state index in [1.54, 1.807) is 10.9 Å². The fourth-order valence-electron chi connectivity index (χ4n) is 2.92. The van der Waals surface area contributed by atoms with Crippen molar-refractivity contribution in [2.45, 2.75) is 24.8 Å². The summed E-state index contributed by atoms with van der Waals surface area (Å²) in [5.74, 6) is -0.0985. The van der Waals surface area contributed by atoms with Gasteiger partial charge in [0, 0.05) is 26.3 Å². The molecule has 1 unspecified atom stereocenters. The summed E-state index contributed by atoms with van der Waals surface area (Å²) in [6.07, 6.45) is 5.92. The molecule has 1 spiro atoms. The summed E-state index contributed by atoms with van der Waals surface area (Å²) in [6, 6.07) is -0.275. The summed E-state index contributed by atoms with van der Waals surface area (Å²) in [5, 5.41) is 10.1. The van der Waals surface area contributed by atoms with Gasteiger partial charge in [0.1, 0.15) is 5.54 Å². The molecule has 7 nitrogen and oxygen atoms in total. The molecule has 2 fully saturated rings. The van der Waals surface area contributed by atoms with Gasteiger partial charge in [0.25, 0.3) is 5.91 Å². The molecule has 108 valence electrons. The maximum absolute atomic E-state index is 12.5. The van der Waals surface area contributed by atoms with E-state index in [0.29, 0.717) is 25.9 Å². The van der Waals surface area contributed by atoms with E-state index in [9.17, 15) is 9.59 Å². The summed E-state index contributed by atoms with van der Waals surface area (Å²) in [6.45, 7) is 1.83. The molecule has 1 aromatic heterocycles. The Labute approximate surface area is 117 Å². The second kappa shape index (κ2) is 4.90. The molecule has 2 aliphatic heterocycles. The van der Waals surface area contributed by atoms with Crippen LogP contribution in [0.25, 0.3) is 0 Å². The molecule has 0 aliphatic carbocycles. The van der Waals surface area contributed by atoms with Gasteiger partial charge in [-0.3, -0.25) is 14.4 Å². The number of aromatic nitrogens is 2. The van der Waals surface area contributed by atoms with Crippen LogP contribution in [-0.4, -0.2) is 51.8 Å². The molecule has 1 atom stereocenters. The molecule has 2 N–H and O–H groups in total. The number of rotatable bonds is 3. The number of nitrogens with zero attached hydrogens (tertiary/aromatic N) is 3. The minimum Gasteiger partial charge on any atom is -0.322 e. The maximum atomic E-state index is 12.5. The van der Waals surface area contributed by atoms with E-state index in [-0.39, 0.29) is 11.9 Å². The summed E-state index contributed by atoms with van der Waals surface area (Å²) < 4.78 is 1.72. The number of imide groups is 1. The first-order chi connectivity index (χ1) is 9.61. The lowest BCUT2D eigenvalue weighted by Gasteiger charge is -2.31. The predicted molar refractivity (Wildman–Crippen MR) is 72.0 cm³/mol. The zero-order chi connectivity index (χ0) is 14.2. The number of hydrogen-bond acceptors (Lipinski definition) is 4. The second-order valence-corrected chi connectivity index (χ2v) is 5.52. The molecule has 3 amide bonds. The molecule has 3 rings (SSSR count). The van der Waals surface area contributed by atoms with Crippen LogP contribution in [0, 0.1) is 0 Å². The minimum atomic E-state index is -0.718. The molecule has 0 radical (unpaired) electrons. The number of piperidine rings is 1. The van der Waals surface area contributed by atoms with Crippen molar-refractivity contribution in [3.8, 4) is 0 Å². The van der Waals surface area contributed by atoms with Gasteiger partial charge in [0.2, 0.25) is 0 Å². The van der Waals surface area contributed by atoms with Crippen LogP contribution in [0.5, 0.6) is 0 Å². The highest BCUT2D eigenvalue weighted by Gasteiger charge is 2.51. The standard InChI is InChI=1S/C13H19N5O2/c1-17-8-10(7-15-17)3-6-18-11(19)13(16-12(18)20)4-2-5-14-9-13/h7-8,14H,2-6,9H2,1H3,(H,16,20). The molecule has 20 heavy (non-hydrogen) atoms. The molecule has 2 aliphatic rings. The second-order valence-electron chi connectivity index (χ2n) is 5.52. The van der Waals surface area contributed by atoms with Crippen LogP contribution in [-0.2, 0) is 18.3 Å². The van der Waals surface area contributed by atoms with Gasteiger partial charge in [0.05, 0.1) is 6.20 Å². The molecule has 1 aromatic rings. The molecular weight excluding hydrogens is 258 g/mol. The van der Waals surface area contributed by atoms with E-state index in [1.165, 1.54) is 4.90 Å². The predicted octanol–water partition coefficient (Wildman–Crippen LogP) is -0.363. The third kappa shape index (κ3) is 2.18. The van der Waals surface area contributed by atoms with E-state index >= 15 is 0 Å². The molecule has 0 bridgehead atoms. The largest absolute Gasteiger partial charge is 0.325 e. The highest BCUT2D eigenvalue weighted by atomic mass is 16.2. The first kappa shape index (κ1) is 13.1. The van der Waals surface area contributed by atoms with E-state index in [1.807, 2.05) is 13.2 Å². The van der Waals surface area contributed by atoms with Crippen molar-refractivity contribution < 1.29 is 9.59 Å². The minimum absolute atomic E-state index is 0.0985.